The van der Waals surface area contributed by atoms with E-state index in [2.05, 4.69) is 5.32 Å². The molecule has 112 valence electrons. The van der Waals surface area contributed by atoms with Crippen molar-refractivity contribution in [1.82, 2.24) is 10.2 Å². The Hall–Kier alpha value is -0.810. The number of morpholine rings is 1. The summed E-state index contributed by atoms with van der Waals surface area (Å²) in [6.45, 7) is 2.86. The van der Waals surface area contributed by atoms with Crippen LogP contribution in [0.15, 0.2) is 24.3 Å². The Morgan fingerprint density at radius 3 is 3.00 bits per heavy atom. The molecular weight excluding hydrogens is 299 g/mol. The van der Waals surface area contributed by atoms with Gasteiger partial charge in [0, 0.05) is 31.7 Å². The molecule has 1 aromatic carbocycles. The number of carbonyl (C=O) groups is 1. The van der Waals surface area contributed by atoms with Crippen LogP contribution in [0.25, 0.3) is 0 Å². The fourth-order valence-corrected chi connectivity index (χ4v) is 2.31. The first-order chi connectivity index (χ1) is 9.15. The maximum Gasteiger partial charge on any atom is 0.225 e. The predicted octanol–water partition coefficient (Wildman–Crippen LogP) is 2.10. The van der Waals surface area contributed by atoms with Gasteiger partial charge in [-0.25, -0.2) is 0 Å². The van der Waals surface area contributed by atoms with Crippen LogP contribution in [0.1, 0.15) is 12.0 Å². The summed E-state index contributed by atoms with van der Waals surface area (Å²) in [5, 5.41) is 3.92. The lowest BCUT2D eigenvalue weighted by Gasteiger charge is -2.25. The van der Waals surface area contributed by atoms with Crippen LogP contribution in [0.3, 0.4) is 0 Å². The monoisotopic (exact) mass is 318 g/mol. The van der Waals surface area contributed by atoms with E-state index in [1.807, 2.05) is 24.3 Å². The molecule has 0 bridgehead atoms. The average molecular weight is 319 g/mol. The fourth-order valence-electron chi connectivity index (χ4n) is 2.10. The van der Waals surface area contributed by atoms with Gasteiger partial charge in [-0.1, -0.05) is 23.7 Å². The second kappa shape index (κ2) is 8.47. The van der Waals surface area contributed by atoms with E-state index >= 15 is 0 Å². The van der Waals surface area contributed by atoms with Gasteiger partial charge in [-0.05, 0) is 17.7 Å². The molecule has 1 heterocycles. The van der Waals surface area contributed by atoms with Gasteiger partial charge in [0.1, 0.15) is 0 Å². The van der Waals surface area contributed by atoms with Crippen molar-refractivity contribution >= 4 is 29.9 Å². The molecule has 20 heavy (non-hydrogen) atoms. The van der Waals surface area contributed by atoms with Crippen LogP contribution in [0.4, 0.5) is 0 Å². The average Bonchev–Trinajstić information content (AvgIpc) is 2.40. The SMILES string of the molecule is CN(Cc1cccc(Cl)c1)C(=O)CC1CNCCO1.Cl. The number of benzene rings is 1. The van der Waals surface area contributed by atoms with Crippen molar-refractivity contribution in [3.8, 4) is 0 Å². The lowest BCUT2D eigenvalue weighted by atomic mass is 10.2. The van der Waals surface area contributed by atoms with Crippen LogP contribution in [0.5, 0.6) is 0 Å². The quantitative estimate of drug-likeness (QED) is 0.924. The third-order valence-electron chi connectivity index (χ3n) is 3.14. The molecule has 1 aromatic rings. The molecule has 1 amide bonds. The van der Waals surface area contributed by atoms with E-state index in [4.69, 9.17) is 16.3 Å². The molecule has 1 fully saturated rings. The molecule has 0 radical (unpaired) electrons. The van der Waals surface area contributed by atoms with Gasteiger partial charge in [-0.15, -0.1) is 12.4 Å². The van der Waals surface area contributed by atoms with Crippen LogP contribution >= 0.6 is 24.0 Å². The highest BCUT2D eigenvalue weighted by molar-refractivity contribution is 6.30. The molecule has 0 saturated carbocycles. The highest BCUT2D eigenvalue weighted by Crippen LogP contribution is 2.13. The van der Waals surface area contributed by atoms with Gasteiger partial charge >= 0.3 is 0 Å². The largest absolute Gasteiger partial charge is 0.375 e. The fraction of sp³-hybridized carbons (Fsp3) is 0.500. The first-order valence-corrected chi connectivity index (χ1v) is 6.83. The molecule has 1 saturated heterocycles. The van der Waals surface area contributed by atoms with Crippen molar-refractivity contribution in [2.24, 2.45) is 0 Å². The third kappa shape index (κ3) is 5.29. The number of nitrogens with zero attached hydrogens (tertiary/aromatic N) is 1. The lowest BCUT2D eigenvalue weighted by Crippen LogP contribution is -2.41. The molecule has 1 aliphatic rings. The summed E-state index contributed by atoms with van der Waals surface area (Å²) in [5.41, 5.74) is 1.03. The normalized spacial score (nSPS) is 18.2. The van der Waals surface area contributed by atoms with Gasteiger partial charge in [0.15, 0.2) is 0 Å². The van der Waals surface area contributed by atoms with Crippen LogP contribution < -0.4 is 5.32 Å². The van der Waals surface area contributed by atoms with Crippen molar-refractivity contribution in [3.63, 3.8) is 0 Å². The molecular formula is C14H20Cl2N2O2. The summed E-state index contributed by atoms with van der Waals surface area (Å²) in [6.07, 6.45) is 0.410. The zero-order chi connectivity index (χ0) is 13.7. The first-order valence-electron chi connectivity index (χ1n) is 6.46. The van der Waals surface area contributed by atoms with Crippen molar-refractivity contribution < 1.29 is 9.53 Å². The molecule has 0 aliphatic carbocycles. The second-order valence-electron chi connectivity index (χ2n) is 4.78. The summed E-state index contributed by atoms with van der Waals surface area (Å²) < 4.78 is 5.54. The van der Waals surface area contributed by atoms with E-state index in [0.717, 1.165) is 18.7 Å². The number of hydrogen-bond donors (Lipinski definition) is 1. The molecule has 1 atom stereocenters. The highest BCUT2D eigenvalue weighted by atomic mass is 35.5. The Morgan fingerprint density at radius 2 is 2.35 bits per heavy atom. The molecule has 2 rings (SSSR count). The molecule has 1 N–H and O–H groups in total. The van der Waals surface area contributed by atoms with Crippen molar-refractivity contribution in [2.45, 2.75) is 19.1 Å². The number of nitrogens with one attached hydrogen (secondary N) is 1. The molecule has 1 unspecified atom stereocenters. The smallest absolute Gasteiger partial charge is 0.225 e. The van der Waals surface area contributed by atoms with Crippen molar-refractivity contribution in [3.05, 3.63) is 34.9 Å². The molecule has 0 aromatic heterocycles. The van der Waals surface area contributed by atoms with Crippen LogP contribution in [0, 0.1) is 0 Å². The maximum atomic E-state index is 12.1. The van der Waals surface area contributed by atoms with E-state index in [1.54, 1.807) is 11.9 Å². The van der Waals surface area contributed by atoms with Crippen LogP contribution in [-0.2, 0) is 16.1 Å². The topological polar surface area (TPSA) is 41.6 Å². The van der Waals surface area contributed by atoms with Gasteiger partial charge in [-0.3, -0.25) is 4.79 Å². The number of ether oxygens (including phenoxy) is 1. The van der Waals surface area contributed by atoms with Gasteiger partial charge in [-0.2, -0.15) is 0 Å². The van der Waals surface area contributed by atoms with E-state index in [-0.39, 0.29) is 24.4 Å². The molecule has 0 spiro atoms. The maximum absolute atomic E-state index is 12.1. The summed E-state index contributed by atoms with van der Waals surface area (Å²) >= 11 is 5.93. The lowest BCUT2D eigenvalue weighted by molar-refractivity contribution is -0.133. The zero-order valence-corrected chi connectivity index (χ0v) is 13.0. The van der Waals surface area contributed by atoms with E-state index in [9.17, 15) is 4.79 Å². The minimum absolute atomic E-state index is 0. The van der Waals surface area contributed by atoms with Gasteiger partial charge < -0.3 is 15.0 Å². The van der Waals surface area contributed by atoms with Crippen molar-refractivity contribution in [2.75, 3.05) is 26.7 Å². The number of halogens is 2. The van der Waals surface area contributed by atoms with Gasteiger partial charge in [0.25, 0.3) is 0 Å². The van der Waals surface area contributed by atoms with E-state index in [0.29, 0.717) is 24.6 Å². The Morgan fingerprint density at radius 1 is 1.55 bits per heavy atom. The Labute approximate surface area is 130 Å². The Kier molecular flexibility index (Phi) is 7.30. The summed E-state index contributed by atoms with van der Waals surface area (Å²) in [5.74, 6) is 0.0914. The standard InChI is InChI=1S/C14H19ClN2O2.ClH/c1-17(10-11-3-2-4-12(15)7-11)14(18)8-13-9-16-5-6-19-13;/h2-4,7,13,16H,5-6,8-10H2,1H3;1H. The molecule has 4 nitrogen and oxygen atoms in total. The zero-order valence-electron chi connectivity index (χ0n) is 11.5. The number of amides is 1. The minimum Gasteiger partial charge on any atom is -0.375 e. The van der Waals surface area contributed by atoms with E-state index in [1.165, 1.54) is 0 Å². The predicted molar refractivity (Wildman–Crippen MR) is 82.4 cm³/mol. The van der Waals surface area contributed by atoms with Gasteiger partial charge in [0.2, 0.25) is 5.91 Å². The van der Waals surface area contributed by atoms with Crippen LogP contribution in [-0.4, -0.2) is 43.7 Å². The minimum atomic E-state index is -0.0111. The summed E-state index contributed by atoms with van der Waals surface area (Å²) in [4.78, 5) is 13.8. The van der Waals surface area contributed by atoms with E-state index < -0.39 is 0 Å². The number of rotatable bonds is 4. The molecule has 1 aliphatic heterocycles. The first kappa shape index (κ1) is 17.2. The Balaban J connectivity index is 0.00000200. The van der Waals surface area contributed by atoms with Crippen LogP contribution in [0.2, 0.25) is 5.02 Å². The summed E-state index contributed by atoms with van der Waals surface area (Å²) in [6, 6.07) is 7.57. The second-order valence-corrected chi connectivity index (χ2v) is 5.22. The molecule has 6 heteroatoms. The van der Waals surface area contributed by atoms with Gasteiger partial charge in [0.05, 0.1) is 19.1 Å². The highest BCUT2D eigenvalue weighted by Gasteiger charge is 2.19. The Bertz CT molecular complexity index is 437. The number of carbonyl (C=O) groups excluding carboxylic acids is 1. The third-order valence-corrected chi connectivity index (χ3v) is 3.38. The summed E-state index contributed by atoms with van der Waals surface area (Å²) in [7, 11) is 1.81. The van der Waals surface area contributed by atoms with Crippen molar-refractivity contribution in [1.29, 1.82) is 0 Å². The number of hydrogen-bond acceptors (Lipinski definition) is 3.